The van der Waals surface area contributed by atoms with Gasteiger partial charge in [0.1, 0.15) is 0 Å². The van der Waals surface area contributed by atoms with Crippen LogP contribution in [0.15, 0.2) is 0 Å². The molecule has 0 saturated heterocycles. The molecule has 15 heavy (non-hydrogen) atoms. The van der Waals surface area contributed by atoms with Gasteiger partial charge in [0.2, 0.25) is 0 Å². The summed E-state index contributed by atoms with van der Waals surface area (Å²) < 4.78 is 0. The first-order chi connectivity index (χ1) is 7.27. The summed E-state index contributed by atoms with van der Waals surface area (Å²) in [6.07, 6.45) is 9.37. The normalized spacial score (nSPS) is 10.2. The molecule has 0 fully saturated rings. The van der Waals surface area contributed by atoms with Gasteiger partial charge in [0, 0.05) is 5.33 Å². The van der Waals surface area contributed by atoms with Gasteiger partial charge in [-0.1, -0.05) is 54.5 Å². The molecule has 0 N–H and O–H groups in total. The highest BCUT2D eigenvalue weighted by molar-refractivity contribution is 9.09. The maximum Gasteiger partial charge on any atom is 0.294 e. The molecule has 0 aliphatic heterocycles. The summed E-state index contributed by atoms with van der Waals surface area (Å²) in [5, 5.41) is 10.2. The van der Waals surface area contributed by atoms with Gasteiger partial charge < -0.3 is 4.84 Å². The van der Waals surface area contributed by atoms with Crippen LogP contribution in [0.25, 0.3) is 0 Å². The Kier molecular flexibility index (Phi) is 11.5. The predicted octanol–water partition coefficient (Wildman–Crippen LogP) is 3.71. The van der Waals surface area contributed by atoms with E-state index in [1.54, 1.807) is 0 Å². The van der Waals surface area contributed by atoms with Gasteiger partial charge in [0.05, 0.1) is 6.61 Å². The molecule has 0 unspecified atom stereocenters. The van der Waals surface area contributed by atoms with Crippen molar-refractivity contribution in [2.45, 2.75) is 51.4 Å². The lowest BCUT2D eigenvalue weighted by Crippen LogP contribution is -2.01. The Labute approximate surface area is 99.6 Å². The number of unbranched alkanes of at least 4 members (excludes halogenated alkanes) is 7. The zero-order chi connectivity index (χ0) is 11.4. The van der Waals surface area contributed by atoms with Gasteiger partial charge in [-0.05, 0) is 12.8 Å². The molecule has 0 aromatic carbocycles. The lowest BCUT2D eigenvalue weighted by molar-refractivity contribution is -0.757. The van der Waals surface area contributed by atoms with Crippen LogP contribution in [0, 0.1) is 10.1 Å². The number of hydrogen-bond acceptors (Lipinski definition) is 3. The first kappa shape index (κ1) is 14.7. The number of rotatable bonds is 11. The third kappa shape index (κ3) is 13.7. The van der Waals surface area contributed by atoms with Crippen LogP contribution < -0.4 is 0 Å². The van der Waals surface area contributed by atoms with Gasteiger partial charge in [-0.2, -0.15) is 0 Å². The standard InChI is InChI=1S/C10H20BrNO3/c11-9-7-5-3-1-2-4-6-8-10-15-12(13)14/h1-10H2. The molecule has 0 bridgehead atoms. The monoisotopic (exact) mass is 281 g/mol. The molecule has 0 spiro atoms. The molecule has 90 valence electrons. The van der Waals surface area contributed by atoms with E-state index in [1.807, 2.05) is 0 Å². The minimum atomic E-state index is -0.722. The topological polar surface area (TPSA) is 52.4 Å². The Morgan fingerprint density at radius 3 is 1.87 bits per heavy atom. The van der Waals surface area contributed by atoms with Gasteiger partial charge >= 0.3 is 0 Å². The Bertz CT molecular complexity index is 156. The third-order valence-corrected chi connectivity index (χ3v) is 2.79. The van der Waals surface area contributed by atoms with E-state index in [0.29, 0.717) is 0 Å². The SMILES string of the molecule is O=[N+]([O-])OCCCCCCCCCCBr. The van der Waals surface area contributed by atoms with E-state index in [9.17, 15) is 10.1 Å². The van der Waals surface area contributed by atoms with Gasteiger partial charge in [0.25, 0.3) is 5.09 Å². The van der Waals surface area contributed by atoms with E-state index in [-0.39, 0.29) is 6.61 Å². The summed E-state index contributed by atoms with van der Waals surface area (Å²) in [4.78, 5) is 14.0. The Balaban J connectivity index is 2.89. The van der Waals surface area contributed by atoms with Crippen molar-refractivity contribution < 1.29 is 9.92 Å². The third-order valence-electron chi connectivity index (χ3n) is 2.22. The molecule has 0 rings (SSSR count). The van der Waals surface area contributed by atoms with Crippen LogP contribution in [0.5, 0.6) is 0 Å². The van der Waals surface area contributed by atoms with E-state index < -0.39 is 5.09 Å². The number of halogens is 1. The summed E-state index contributed by atoms with van der Waals surface area (Å²) in [7, 11) is 0. The van der Waals surface area contributed by atoms with Crippen molar-refractivity contribution in [1.82, 2.24) is 0 Å². The van der Waals surface area contributed by atoms with Crippen LogP contribution in [0.1, 0.15) is 51.4 Å². The first-order valence-electron chi connectivity index (χ1n) is 5.60. The van der Waals surface area contributed by atoms with Crippen molar-refractivity contribution in [3.8, 4) is 0 Å². The largest absolute Gasteiger partial charge is 0.314 e. The molecule has 0 heterocycles. The van der Waals surface area contributed by atoms with Crippen molar-refractivity contribution in [2.24, 2.45) is 0 Å². The molecule has 0 aromatic rings. The van der Waals surface area contributed by atoms with Gasteiger partial charge in [-0.3, -0.25) is 0 Å². The smallest absolute Gasteiger partial charge is 0.294 e. The van der Waals surface area contributed by atoms with Gasteiger partial charge in [0.15, 0.2) is 0 Å². The quantitative estimate of drug-likeness (QED) is 0.251. The van der Waals surface area contributed by atoms with Crippen LogP contribution in [0.3, 0.4) is 0 Å². The number of nitrogens with zero attached hydrogens (tertiary/aromatic N) is 1. The minimum Gasteiger partial charge on any atom is -0.314 e. The summed E-state index contributed by atoms with van der Waals surface area (Å²) in [6.45, 7) is 0.247. The summed E-state index contributed by atoms with van der Waals surface area (Å²) in [5.41, 5.74) is 0. The van der Waals surface area contributed by atoms with Crippen LogP contribution in [0.4, 0.5) is 0 Å². The van der Waals surface area contributed by atoms with Crippen LogP contribution in [-0.4, -0.2) is 17.0 Å². The van der Waals surface area contributed by atoms with Crippen LogP contribution >= 0.6 is 15.9 Å². The molecular weight excluding hydrogens is 262 g/mol. The molecule has 4 nitrogen and oxygen atoms in total. The van der Waals surface area contributed by atoms with E-state index in [1.165, 1.54) is 32.1 Å². The summed E-state index contributed by atoms with van der Waals surface area (Å²) in [5.74, 6) is 0. The van der Waals surface area contributed by atoms with Crippen LogP contribution in [-0.2, 0) is 4.84 Å². The Morgan fingerprint density at radius 2 is 1.40 bits per heavy atom. The van der Waals surface area contributed by atoms with Gasteiger partial charge in [-0.25, -0.2) is 0 Å². The van der Waals surface area contributed by atoms with Crippen molar-refractivity contribution >= 4 is 15.9 Å². The van der Waals surface area contributed by atoms with Gasteiger partial charge in [-0.15, -0.1) is 10.1 Å². The summed E-state index contributed by atoms with van der Waals surface area (Å²) in [6, 6.07) is 0. The predicted molar refractivity (Wildman–Crippen MR) is 63.7 cm³/mol. The molecule has 0 saturated carbocycles. The van der Waals surface area contributed by atoms with Crippen LogP contribution in [0.2, 0.25) is 0 Å². The Morgan fingerprint density at radius 1 is 0.933 bits per heavy atom. The lowest BCUT2D eigenvalue weighted by atomic mass is 10.1. The molecule has 0 aliphatic carbocycles. The average Bonchev–Trinajstić information content (AvgIpc) is 2.20. The minimum absolute atomic E-state index is 0.247. The lowest BCUT2D eigenvalue weighted by Gasteiger charge is -2.01. The van der Waals surface area contributed by atoms with Crippen molar-refractivity contribution in [1.29, 1.82) is 0 Å². The zero-order valence-corrected chi connectivity index (χ0v) is 10.7. The maximum absolute atomic E-state index is 9.81. The maximum atomic E-state index is 9.81. The van der Waals surface area contributed by atoms with Crippen molar-refractivity contribution in [3.05, 3.63) is 10.1 Å². The number of hydrogen-bond donors (Lipinski definition) is 0. The fraction of sp³-hybridized carbons (Fsp3) is 1.00. The van der Waals surface area contributed by atoms with E-state index >= 15 is 0 Å². The van der Waals surface area contributed by atoms with E-state index in [2.05, 4.69) is 20.8 Å². The first-order valence-corrected chi connectivity index (χ1v) is 6.73. The fourth-order valence-electron chi connectivity index (χ4n) is 1.40. The molecule has 0 aliphatic rings. The molecule has 0 amide bonds. The molecule has 0 atom stereocenters. The molecule has 0 radical (unpaired) electrons. The second-order valence-electron chi connectivity index (χ2n) is 3.57. The Hall–Kier alpha value is -0.320. The second-order valence-corrected chi connectivity index (χ2v) is 4.37. The highest BCUT2D eigenvalue weighted by Gasteiger charge is 1.95. The molecule has 0 aromatic heterocycles. The zero-order valence-electron chi connectivity index (χ0n) is 9.12. The number of alkyl halides is 1. The highest BCUT2D eigenvalue weighted by Crippen LogP contribution is 2.09. The average molecular weight is 282 g/mol. The molecule has 5 heteroatoms. The highest BCUT2D eigenvalue weighted by atomic mass is 79.9. The second kappa shape index (κ2) is 11.8. The fourth-order valence-corrected chi connectivity index (χ4v) is 1.79. The van der Waals surface area contributed by atoms with E-state index in [4.69, 9.17) is 0 Å². The van der Waals surface area contributed by atoms with Crippen molar-refractivity contribution in [3.63, 3.8) is 0 Å². The summed E-state index contributed by atoms with van der Waals surface area (Å²) >= 11 is 3.40. The molecular formula is C10H20BrNO3. The van der Waals surface area contributed by atoms with Crippen molar-refractivity contribution in [2.75, 3.05) is 11.9 Å². The van der Waals surface area contributed by atoms with E-state index in [0.717, 1.165) is 24.6 Å².